The van der Waals surface area contributed by atoms with Gasteiger partial charge in [0.15, 0.2) is 0 Å². The van der Waals surface area contributed by atoms with Gasteiger partial charge in [-0.2, -0.15) is 8.78 Å². The molecule has 0 N–H and O–H groups in total. The lowest BCUT2D eigenvalue weighted by Gasteiger charge is -2.53. The van der Waals surface area contributed by atoms with Crippen molar-refractivity contribution in [2.45, 2.75) is 83.3 Å². The molecule has 3 heteroatoms. The Morgan fingerprint density at radius 2 is 1.61 bits per heavy atom. The van der Waals surface area contributed by atoms with Gasteiger partial charge >= 0.3 is 6.11 Å². The second-order valence-electron chi connectivity index (χ2n) is 8.15. The summed E-state index contributed by atoms with van der Waals surface area (Å²) in [7, 11) is 0. The monoisotopic (exact) mass is 326 g/mol. The van der Waals surface area contributed by atoms with Crippen molar-refractivity contribution >= 4 is 0 Å². The average molecular weight is 326 g/mol. The number of hydrogen-bond acceptors (Lipinski definition) is 1. The van der Waals surface area contributed by atoms with Crippen molar-refractivity contribution < 1.29 is 13.5 Å². The zero-order chi connectivity index (χ0) is 16.4. The molecule has 0 aromatic carbocycles. The predicted molar refractivity (Wildman–Crippen MR) is 89.3 cm³/mol. The highest BCUT2D eigenvalue weighted by atomic mass is 19.3. The molecular formula is C20H32F2O. The Hall–Kier alpha value is -0.440. The summed E-state index contributed by atoms with van der Waals surface area (Å²) in [6, 6.07) is 0. The molecule has 1 aliphatic heterocycles. The molecule has 1 heterocycles. The molecule has 0 amide bonds. The van der Waals surface area contributed by atoms with Gasteiger partial charge in [0.2, 0.25) is 0 Å². The summed E-state index contributed by atoms with van der Waals surface area (Å²) in [5.74, 6) is 1.33. The first kappa shape index (κ1) is 17.4. The molecule has 1 nitrogen and oxygen atoms in total. The molecule has 3 fully saturated rings. The zero-order valence-corrected chi connectivity index (χ0v) is 14.5. The van der Waals surface area contributed by atoms with E-state index in [0.29, 0.717) is 11.8 Å². The van der Waals surface area contributed by atoms with E-state index in [9.17, 15) is 8.78 Å². The molecule has 1 saturated heterocycles. The van der Waals surface area contributed by atoms with E-state index < -0.39 is 12.0 Å². The second-order valence-corrected chi connectivity index (χ2v) is 8.15. The van der Waals surface area contributed by atoms with E-state index >= 15 is 0 Å². The maximum atomic E-state index is 14.1. The molecule has 2 aliphatic carbocycles. The van der Waals surface area contributed by atoms with Gasteiger partial charge < -0.3 is 4.74 Å². The van der Waals surface area contributed by atoms with Crippen LogP contribution in [0.2, 0.25) is 0 Å². The first-order chi connectivity index (χ1) is 11.0. The molecular weight excluding hydrogens is 294 g/mol. The van der Waals surface area contributed by atoms with E-state index in [0.717, 1.165) is 44.4 Å². The summed E-state index contributed by atoms with van der Waals surface area (Å²) in [5, 5.41) is 0. The fourth-order valence-electron chi connectivity index (χ4n) is 5.34. The Morgan fingerprint density at radius 3 is 2.13 bits per heavy atom. The van der Waals surface area contributed by atoms with Crippen LogP contribution in [0.1, 0.15) is 71.1 Å². The van der Waals surface area contributed by atoms with Crippen LogP contribution in [-0.4, -0.2) is 12.2 Å². The number of halogens is 2. The molecule has 3 aliphatic rings. The van der Waals surface area contributed by atoms with Gasteiger partial charge in [0.25, 0.3) is 0 Å². The molecule has 132 valence electrons. The number of hydrogen-bond donors (Lipinski definition) is 0. The molecule has 3 rings (SSSR count). The topological polar surface area (TPSA) is 9.23 Å². The van der Waals surface area contributed by atoms with Crippen molar-refractivity contribution in [2.24, 2.45) is 29.6 Å². The van der Waals surface area contributed by atoms with E-state index in [2.05, 4.69) is 13.5 Å². The normalized spacial score (nSPS) is 43.6. The van der Waals surface area contributed by atoms with E-state index in [4.69, 9.17) is 4.74 Å². The lowest BCUT2D eigenvalue weighted by Crippen LogP contribution is -2.61. The van der Waals surface area contributed by atoms with Gasteiger partial charge in [-0.15, -0.1) is 6.58 Å². The van der Waals surface area contributed by atoms with Crippen LogP contribution >= 0.6 is 0 Å². The minimum atomic E-state index is -2.88. The van der Waals surface area contributed by atoms with Crippen LogP contribution in [0.25, 0.3) is 0 Å². The predicted octanol–water partition coefficient (Wildman–Crippen LogP) is 6.19. The van der Waals surface area contributed by atoms with Crippen LogP contribution in [-0.2, 0) is 4.74 Å². The maximum Gasteiger partial charge on any atom is 0.361 e. The smallest absolute Gasteiger partial charge is 0.316 e. The van der Waals surface area contributed by atoms with E-state index in [1.54, 1.807) is 0 Å². The van der Waals surface area contributed by atoms with Crippen molar-refractivity contribution in [3.63, 3.8) is 0 Å². The SMILES string of the molecule is C=C[C@H]1CC[C@H]([C@H]2[C@H](C3CCC(CCC)CC3)OC2(F)F)CC1. The number of allylic oxidation sites excluding steroid dienone is 1. The standard InChI is InChI=1S/C20H32F2O/c1-3-5-15-8-12-17(13-9-15)19-18(20(21,22)23-19)16-10-6-14(4-2)7-11-16/h4,14-19H,2-3,5-13H2,1H3/t14-,15?,16-,17?,18-,19-/m0/s1. The van der Waals surface area contributed by atoms with Gasteiger partial charge in [-0.25, -0.2) is 0 Å². The Bertz CT molecular complexity index is 392. The van der Waals surface area contributed by atoms with E-state index in [1.807, 2.05) is 6.08 Å². The minimum Gasteiger partial charge on any atom is -0.316 e. The first-order valence-electron chi connectivity index (χ1n) is 9.73. The lowest BCUT2D eigenvalue weighted by molar-refractivity contribution is -0.418. The fourth-order valence-corrected chi connectivity index (χ4v) is 5.34. The molecule has 2 atom stereocenters. The van der Waals surface area contributed by atoms with Crippen molar-refractivity contribution in [1.82, 2.24) is 0 Å². The molecule has 23 heavy (non-hydrogen) atoms. The first-order valence-corrected chi connectivity index (χ1v) is 9.73. The highest BCUT2D eigenvalue weighted by Crippen LogP contribution is 2.55. The molecule has 0 bridgehead atoms. The maximum absolute atomic E-state index is 14.1. The van der Waals surface area contributed by atoms with Gasteiger partial charge in [0.1, 0.15) is 0 Å². The quantitative estimate of drug-likeness (QED) is 0.547. The van der Waals surface area contributed by atoms with E-state index in [1.165, 1.54) is 25.7 Å². The third-order valence-corrected chi connectivity index (χ3v) is 6.75. The number of ether oxygens (including phenoxy) is 1. The highest BCUT2D eigenvalue weighted by Gasteiger charge is 2.62. The summed E-state index contributed by atoms with van der Waals surface area (Å²) in [6.07, 6.45) is 9.95. The van der Waals surface area contributed by atoms with Crippen LogP contribution in [0.3, 0.4) is 0 Å². The highest BCUT2D eigenvalue weighted by molar-refractivity contribution is 4.99. The molecule has 0 unspecified atom stereocenters. The Kier molecular flexibility index (Phi) is 5.45. The summed E-state index contributed by atoms with van der Waals surface area (Å²) in [4.78, 5) is 0. The van der Waals surface area contributed by atoms with E-state index in [-0.39, 0.29) is 12.0 Å². The molecule has 0 spiro atoms. The van der Waals surface area contributed by atoms with Crippen LogP contribution in [0, 0.1) is 29.6 Å². The Balaban J connectivity index is 1.57. The zero-order valence-electron chi connectivity index (χ0n) is 14.5. The summed E-state index contributed by atoms with van der Waals surface area (Å²) in [6.45, 7) is 6.09. The number of rotatable bonds is 5. The van der Waals surface area contributed by atoms with Gasteiger partial charge in [-0.3, -0.25) is 0 Å². The molecule has 0 aromatic heterocycles. The summed E-state index contributed by atoms with van der Waals surface area (Å²) < 4.78 is 33.4. The van der Waals surface area contributed by atoms with Crippen molar-refractivity contribution in [3.05, 3.63) is 12.7 Å². The van der Waals surface area contributed by atoms with Crippen LogP contribution < -0.4 is 0 Å². The van der Waals surface area contributed by atoms with Gasteiger partial charge in [-0.05, 0) is 62.2 Å². The number of alkyl halides is 2. The van der Waals surface area contributed by atoms with Crippen molar-refractivity contribution in [3.8, 4) is 0 Å². The molecule has 0 radical (unpaired) electrons. The van der Waals surface area contributed by atoms with Crippen LogP contribution in [0.5, 0.6) is 0 Å². The molecule has 2 saturated carbocycles. The Morgan fingerprint density at radius 1 is 1.00 bits per heavy atom. The fraction of sp³-hybridized carbons (Fsp3) is 0.900. The molecule has 0 aromatic rings. The van der Waals surface area contributed by atoms with Crippen LogP contribution in [0.15, 0.2) is 12.7 Å². The van der Waals surface area contributed by atoms with Crippen molar-refractivity contribution in [1.29, 1.82) is 0 Å². The largest absolute Gasteiger partial charge is 0.361 e. The Labute approximate surface area is 139 Å². The third kappa shape index (κ3) is 3.65. The van der Waals surface area contributed by atoms with Gasteiger partial charge in [-0.1, -0.05) is 38.7 Å². The van der Waals surface area contributed by atoms with Crippen molar-refractivity contribution in [2.75, 3.05) is 0 Å². The third-order valence-electron chi connectivity index (χ3n) is 6.75. The van der Waals surface area contributed by atoms with Gasteiger partial charge in [0, 0.05) is 0 Å². The lowest BCUT2D eigenvalue weighted by atomic mass is 9.66. The van der Waals surface area contributed by atoms with Gasteiger partial charge in [0.05, 0.1) is 12.0 Å². The second kappa shape index (κ2) is 7.21. The van der Waals surface area contributed by atoms with Crippen LogP contribution in [0.4, 0.5) is 8.78 Å². The minimum absolute atomic E-state index is 0.147. The summed E-state index contributed by atoms with van der Waals surface area (Å²) >= 11 is 0. The average Bonchev–Trinajstić information content (AvgIpc) is 2.55. The summed E-state index contributed by atoms with van der Waals surface area (Å²) in [5.41, 5.74) is 0.